The molecule has 0 aliphatic carbocycles. The zero-order valence-corrected chi connectivity index (χ0v) is 14.8. The normalized spacial score (nSPS) is 16.8. The van der Waals surface area contributed by atoms with Gasteiger partial charge in [-0.3, -0.25) is 4.90 Å². The zero-order valence-electron chi connectivity index (χ0n) is 14.0. The minimum absolute atomic E-state index is 0.00258. The molecule has 0 bridgehead atoms. The molecular formula is C16H21N7S. The number of aryl methyl sites for hydroxylation is 1. The van der Waals surface area contributed by atoms with Crippen LogP contribution in [0.3, 0.4) is 0 Å². The predicted molar refractivity (Wildman–Crippen MR) is 92.7 cm³/mol. The second kappa shape index (κ2) is 6.45. The van der Waals surface area contributed by atoms with Crippen LogP contribution in [0, 0.1) is 0 Å². The number of thiophene rings is 1. The number of hydrogen-bond acceptors (Lipinski definition) is 6. The molecule has 1 aliphatic rings. The van der Waals surface area contributed by atoms with Crippen LogP contribution in [0.4, 0.5) is 0 Å². The van der Waals surface area contributed by atoms with E-state index in [4.69, 9.17) is 0 Å². The summed E-state index contributed by atoms with van der Waals surface area (Å²) in [6.45, 7) is 5.53. The van der Waals surface area contributed by atoms with Gasteiger partial charge in [0.25, 0.3) is 0 Å². The highest BCUT2D eigenvalue weighted by Gasteiger charge is 2.17. The molecule has 0 N–H and O–H groups in total. The molecule has 0 amide bonds. The second-order valence-electron chi connectivity index (χ2n) is 6.36. The van der Waals surface area contributed by atoms with E-state index in [0.29, 0.717) is 0 Å². The van der Waals surface area contributed by atoms with Crippen molar-refractivity contribution in [3.8, 4) is 10.6 Å². The molecule has 0 radical (unpaired) electrons. The molecule has 126 valence electrons. The second-order valence-corrected chi connectivity index (χ2v) is 7.27. The van der Waals surface area contributed by atoms with E-state index < -0.39 is 0 Å². The maximum absolute atomic E-state index is 4.34. The molecule has 7 nitrogen and oxygen atoms in total. The van der Waals surface area contributed by atoms with Crippen LogP contribution in [0.25, 0.3) is 10.6 Å². The SMILES string of the molecule is C[C@H](c1nncn1C)n1cc(-c2cc(CN3CCCC3)cs2)nn1. The van der Waals surface area contributed by atoms with Gasteiger partial charge in [-0.2, -0.15) is 0 Å². The van der Waals surface area contributed by atoms with Crippen molar-refractivity contribution in [2.75, 3.05) is 13.1 Å². The van der Waals surface area contributed by atoms with Gasteiger partial charge in [-0.1, -0.05) is 5.21 Å². The number of likely N-dealkylation sites (tertiary alicyclic amines) is 1. The minimum Gasteiger partial charge on any atom is -0.319 e. The lowest BCUT2D eigenvalue weighted by Crippen LogP contribution is -2.17. The highest BCUT2D eigenvalue weighted by atomic mass is 32.1. The van der Waals surface area contributed by atoms with Crippen LogP contribution in [0.1, 0.15) is 37.2 Å². The Kier molecular flexibility index (Phi) is 4.15. The first-order valence-electron chi connectivity index (χ1n) is 8.26. The van der Waals surface area contributed by atoms with Crippen LogP contribution in [-0.2, 0) is 13.6 Å². The number of rotatable bonds is 5. The molecule has 4 rings (SSSR count). The number of aromatic nitrogens is 6. The molecule has 0 unspecified atom stereocenters. The van der Waals surface area contributed by atoms with Crippen molar-refractivity contribution < 1.29 is 0 Å². The average Bonchev–Trinajstić information content (AvgIpc) is 3.35. The van der Waals surface area contributed by atoms with E-state index in [2.05, 4.69) is 43.8 Å². The fraction of sp³-hybridized carbons (Fsp3) is 0.500. The average molecular weight is 343 g/mol. The topological polar surface area (TPSA) is 64.7 Å². The lowest BCUT2D eigenvalue weighted by molar-refractivity contribution is 0.332. The highest BCUT2D eigenvalue weighted by Crippen LogP contribution is 2.27. The van der Waals surface area contributed by atoms with Crippen molar-refractivity contribution >= 4 is 11.3 Å². The molecule has 1 atom stereocenters. The fourth-order valence-electron chi connectivity index (χ4n) is 3.16. The van der Waals surface area contributed by atoms with E-state index in [0.717, 1.165) is 18.1 Å². The van der Waals surface area contributed by atoms with Gasteiger partial charge in [-0.05, 0) is 49.9 Å². The van der Waals surface area contributed by atoms with Gasteiger partial charge in [0, 0.05) is 13.6 Å². The summed E-state index contributed by atoms with van der Waals surface area (Å²) in [7, 11) is 1.94. The number of hydrogen-bond donors (Lipinski definition) is 0. The maximum atomic E-state index is 4.34. The third-order valence-electron chi connectivity index (χ3n) is 4.54. The van der Waals surface area contributed by atoms with Crippen molar-refractivity contribution in [2.45, 2.75) is 32.4 Å². The summed E-state index contributed by atoms with van der Waals surface area (Å²) < 4.78 is 3.75. The first-order valence-corrected chi connectivity index (χ1v) is 9.14. The van der Waals surface area contributed by atoms with Crippen molar-refractivity contribution in [2.24, 2.45) is 7.05 Å². The van der Waals surface area contributed by atoms with E-state index >= 15 is 0 Å². The third-order valence-corrected chi connectivity index (χ3v) is 5.54. The standard InChI is InChI=1S/C16H21N7S/c1-12(16-19-17-11-21(16)2)23-9-14(18-20-23)15-7-13(10-24-15)8-22-5-3-4-6-22/h7,9-12H,3-6,8H2,1-2H3/t12-/m1/s1. The first-order chi connectivity index (χ1) is 11.7. The largest absolute Gasteiger partial charge is 0.319 e. The van der Waals surface area contributed by atoms with Gasteiger partial charge in [0.1, 0.15) is 18.1 Å². The van der Waals surface area contributed by atoms with E-state index in [9.17, 15) is 0 Å². The Morgan fingerprint density at radius 2 is 2.08 bits per heavy atom. The summed E-state index contributed by atoms with van der Waals surface area (Å²) in [6.07, 6.45) is 6.34. The van der Waals surface area contributed by atoms with Gasteiger partial charge in [0.2, 0.25) is 0 Å². The summed E-state index contributed by atoms with van der Waals surface area (Å²) in [5, 5.41) is 19.0. The Morgan fingerprint density at radius 3 is 2.83 bits per heavy atom. The summed E-state index contributed by atoms with van der Waals surface area (Å²) in [4.78, 5) is 3.68. The van der Waals surface area contributed by atoms with E-state index in [1.807, 2.05) is 22.5 Å². The van der Waals surface area contributed by atoms with Crippen LogP contribution in [0.15, 0.2) is 24.0 Å². The summed E-state index contributed by atoms with van der Waals surface area (Å²) in [6, 6.07) is 2.24. The van der Waals surface area contributed by atoms with Crippen molar-refractivity contribution in [1.29, 1.82) is 0 Å². The quantitative estimate of drug-likeness (QED) is 0.711. The molecular weight excluding hydrogens is 322 g/mol. The lowest BCUT2D eigenvalue weighted by atomic mass is 10.2. The predicted octanol–water partition coefficient (Wildman–Crippen LogP) is 2.34. The molecule has 1 aliphatic heterocycles. The van der Waals surface area contributed by atoms with Gasteiger partial charge in [0.15, 0.2) is 5.82 Å². The summed E-state index contributed by atoms with van der Waals surface area (Å²) >= 11 is 1.74. The Hall–Kier alpha value is -2.06. The van der Waals surface area contributed by atoms with Crippen molar-refractivity contribution in [3.63, 3.8) is 0 Å². The number of nitrogens with zero attached hydrogens (tertiary/aromatic N) is 7. The molecule has 0 spiro atoms. The van der Waals surface area contributed by atoms with Crippen LogP contribution in [0.2, 0.25) is 0 Å². The molecule has 0 saturated carbocycles. The van der Waals surface area contributed by atoms with Gasteiger partial charge >= 0.3 is 0 Å². The Morgan fingerprint density at radius 1 is 1.25 bits per heavy atom. The molecule has 1 fully saturated rings. The van der Waals surface area contributed by atoms with Gasteiger partial charge < -0.3 is 4.57 Å². The molecule has 0 aromatic carbocycles. The molecule has 1 saturated heterocycles. The molecule has 8 heteroatoms. The van der Waals surface area contributed by atoms with Crippen LogP contribution in [0.5, 0.6) is 0 Å². The lowest BCUT2D eigenvalue weighted by Gasteiger charge is -2.12. The highest BCUT2D eigenvalue weighted by molar-refractivity contribution is 7.13. The smallest absolute Gasteiger partial charge is 0.157 e. The van der Waals surface area contributed by atoms with Gasteiger partial charge in [-0.25, -0.2) is 4.68 Å². The van der Waals surface area contributed by atoms with Gasteiger partial charge in [-0.15, -0.1) is 26.6 Å². The maximum Gasteiger partial charge on any atom is 0.157 e. The molecule has 3 aromatic heterocycles. The molecule has 4 heterocycles. The van der Waals surface area contributed by atoms with Crippen LogP contribution in [-0.4, -0.2) is 47.7 Å². The Labute approximate surface area is 144 Å². The van der Waals surface area contributed by atoms with E-state index in [1.54, 1.807) is 17.7 Å². The minimum atomic E-state index is 0.00258. The fourth-order valence-corrected chi connectivity index (χ4v) is 4.01. The zero-order chi connectivity index (χ0) is 16.5. The van der Waals surface area contributed by atoms with Crippen LogP contribution >= 0.6 is 11.3 Å². The molecule has 24 heavy (non-hydrogen) atoms. The first kappa shape index (κ1) is 15.5. The Bertz CT molecular complexity index is 812. The summed E-state index contributed by atoms with van der Waals surface area (Å²) in [5.41, 5.74) is 2.29. The summed E-state index contributed by atoms with van der Waals surface area (Å²) in [5.74, 6) is 0.868. The van der Waals surface area contributed by atoms with Gasteiger partial charge in [0.05, 0.1) is 11.1 Å². The van der Waals surface area contributed by atoms with E-state index in [1.165, 1.54) is 36.4 Å². The third kappa shape index (κ3) is 2.99. The Balaban J connectivity index is 1.50. The van der Waals surface area contributed by atoms with E-state index in [-0.39, 0.29) is 6.04 Å². The van der Waals surface area contributed by atoms with Crippen molar-refractivity contribution in [3.05, 3.63) is 35.4 Å². The monoisotopic (exact) mass is 343 g/mol. The van der Waals surface area contributed by atoms with Crippen LogP contribution < -0.4 is 0 Å². The van der Waals surface area contributed by atoms with Crippen molar-refractivity contribution in [1.82, 2.24) is 34.7 Å². The molecule has 3 aromatic rings.